The molecule has 0 aliphatic heterocycles. The van der Waals surface area contributed by atoms with Crippen LogP contribution in [0, 0.1) is 6.92 Å². The number of nitrogens with two attached hydrogens (primary N) is 2. The normalized spacial score (nSPS) is 10.3. The van der Waals surface area contributed by atoms with Crippen LogP contribution in [0.2, 0.25) is 5.02 Å². The molecule has 2 aromatic carbocycles. The summed E-state index contributed by atoms with van der Waals surface area (Å²) in [5.74, 6) is -0.589. The number of primary amides is 1. The van der Waals surface area contributed by atoms with Gasteiger partial charge in [0.15, 0.2) is 0 Å². The highest BCUT2D eigenvalue weighted by atomic mass is 79.9. The van der Waals surface area contributed by atoms with Gasteiger partial charge in [0.1, 0.15) is 0 Å². The fourth-order valence-corrected chi connectivity index (χ4v) is 2.45. The van der Waals surface area contributed by atoms with Crippen LogP contribution in [0.3, 0.4) is 0 Å². The fraction of sp³-hybridized carbons (Fsp3) is 0.0714. The number of carbonyl (C=O) groups is 1. The van der Waals surface area contributed by atoms with Crippen LogP contribution in [-0.2, 0) is 0 Å². The summed E-state index contributed by atoms with van der Waals surface area (Å²) in [5.41, 5.74) is 14.0. The predicted octanol–water partition coefficient (Wildman–Crippen LogP) is 3.84. The minimum atomic E-state index is -0.589. The number of anilines is 3. The number of carbonyl (C=O) groups excluding carboxylic acids is 1. The Balaban J connectivity index is 2.53. The van der Waals surface area contributed by atoms with E-state index in [2.05, 4.69) is 21.2 Å². The highest BCUT2D eigenvalue weighted by molar-refractivity contribution is 9.10. The number of aryl methyl sites for hydroxylation is 1. The Morgan fingerprint density at radius 1 is 1.30 bits per heavy atom. The van der Waals surface area contributed by atoms with Crippen LogP contribution in [0.4, 0.5) is 17.1 Å². The van der Waals surface area contributed by atoms with Crippen LogP contribution in [-0.4, -0.2) is 5.91 Å². The van der Waals surface area contributed by atoms with Crippen LogP contribution in [0.15, 0.2) is 34.8 Å². The minimum absolute atomic E-state index is 0.259. The van der Waals surface area contributed by atoms with Gasteiger partial charge in [0.2, 0.25) is 0 Å². The van der Waals surface area contributed by atoms with Crippen molar-refractivity contribution in [3.63, 3.8) is 0 Å². The average molecular weight is 355 g/mol. The van der Waals surface area contributed by atoms with Gasteiger partial charge in [-0.15, -0.1) is 0 Å². The molecule has 104 valence electrons. The summed E-state index contributed by atoms with van der Waals surface area (Å²) in [7, 11) is 0. The van der Waals surface area contributed by atoms with E-state index >= 15 is 0 Å². The lowest BCUT2D eigenvalue weighted by Crippen LogP contribution is -2.14. The molecule has 0 aliphatic carbocycles. The molecule has 0 saturated heterocycles. The van der Waals surface area contributed by atoms with E-state index in [4.69, 9.17) is 23.1 Å². The minimum Gasteiger partial charge on any atom is -0.399 e. The molecule has 0 radical (unpaired) electrons. The Morgan fingerprint density at radius 2 is 2.00 bits per heavy atom. The molecule has 0 heterocycles. The zero-order chi connectivity index (χ0) is 14.9. The molecular weight excluding hydrogens is 342 g/mol. The van der Waals surface area contributed by atoms with Crippen molar-refractivity contribution in [1.29, 1.82) is 0 Å². The van der Waals surface area contributed by atoms with Crippen molar-refractivity contribution in [2.75, 3.05) is 11.1 Å². The topological polar surface area (TPSA) is 81.1 Å². The molecule has 0 unspecified atom stereocenters. The van der Waals surface area contributed by atoms with Crippen molar-refractivity contribution >= 4 is 50.5 Å². The molecule has 0 saturated carbocycles. The summed E-state index contributed by atoms with van der Waals surface area (Å²) in [4.78, 5) is 11.5. The molecule has 0 atom stereocenters. The molecule has 0 spiro atoms. The second-order valence-corrected chi connectivity index (χ2v) is 5.70. The van der Waals surface area contributed by atoms with Crippen molar-refractivity contribution in [2.45, 2.75) is 6.92 Å². The largest absolute Gasteiger partial charge is 0.399 e. The smallest absolute Gasteiger partial charge is 0.250 e. The number of amides is 1. The number of rotatable bonds is 3. The van der Waals surface area contributed by atoms with Gasteiger partial charge in [-0.05, 0) is 36.8 Å². The molecule has 5 N–H and O–H groups in total. The second-order valence-electron chi connectivity index (χ2n) is 4.37. The third kappa shape index (κ3) is 3.05. The van der Waals surface area contributed by atoms with Gasteiger partial charge in [0.25, 0.3) is 5.91 Å². The molecule has 2 aromatic rings. The lowest BCUT2D eigenvalue weighted by atomic mass is 10.1. The Hall–Kier alpha value is -1.72. The molecule has 1 amide bonds. The van der Waals surface area contributed by atoms with Crippen molar-refractivity contribution in [3.05, 3.63) is 51.0 Å². The summed E-state index contributed by atoms with van der Waals surface area (Å²) >= 11 is 9.56. The van der Waals surface area contributed by atoms with E-state index in [1.165, 1.54) is 6.07 Å². The number of hydrogen-bond donors (Lipinski definition) is 3. The summed E-state index contributed by atoms with van der Waals surface area (Å²) in [6.45, 7) is 1.95. The number of nitrogens with one attached hydrogen (secondary N) is 1. The number of benzene rings is 2. The molecule has 0 aliphatic rings. The van der Waals surface area contributed by atoms with E-state index in [0.717, 1.165) is 15.7 Å². The van der Waals surface area contributed by atoms with Crippen LogP contribution in [0.1, 0.15) is 15.9 Å². The summed E-state index contributed by atoms with van der Waals surface area (Å²) in [6, 6.07) is 8.85. The lowest BCUT2D eigenvalue weighted by Gasteiger charge is -2.15. The molecule has 2 rings (SSSR count). The summed E-state index contributed by atoms with van der Waals surface area (Å²) < 4.78 is 0.915. The first-order valence-electron chi connectivity index (χ1n) is 5.80. The quantitative estimate of drug-likeness (QED) is 0.733. The lowest BCUT2D eigenvalue weighted by molar-refractivity contribution is 0.100. The predicted molar refractivity (Wildman–Crippen MR) is 86.5 cm³/mol. The van der Waals surface area contributed by atoms with Gasteiger partial charge in [-0.3, -0.25) is 4.79 Å². The standard InChI is InChI=1S/C14H13BrClN3O/c1-7-2-3-8(15)4-12(7)19-13-10(14(18)20)5-9(17)6-11(13)16/h2-6,19H,17H2,1H3,(H2,18,20). The van der Waals surface area contributed by atoms with E-state index in [0.29, 0.717) is 16.4 Å². The molecule has 0 aromatic heterocycles. The molecule has 6 heteroatoms. The van der Waals surface area contributed by atoms with Crippen LogP contribution in [0.5, 0.6) is 0 Å². The highest BCUT2D eigenvalue weighted by Crippen LogP contribution is 2.33. The zero-order valence-corrected chi connectivity index (χ0v) is 13.0. The molecule has 4 nitrogen and oxygen atoms in total. The van der Waals surface area contributed by atoms with Crippen LogP contribution in [0.25, 0.3) is 0 Å². The summed E-state index contributed by atoms with van der Waals surface area (Å²) in [6.07, 6.45) is 0. The van der Waals surface area contributed by atoms with Gasteiger partial charge in [-0.25, -0.2) is 0 Å². The Labute approximate surface area is 130 Å². The maximum atomic E-state index is 11.5. The SMILES string of the molecule is Cc1ccc(Br)cc1Nc1c(Cl)cc(N)cc1C(N)=O. The van der Waals surface area contributed by atoms with Crippen molar-refractivity contribution in [3.8, 4) is 0 Å². The average Bonchev–Trinajstić information content (AvgIpc) is 2.36. The van der Waals surface area contributed by atoms with Crippen LogP contribution < -0.4 is 16.8 Å². The van der Waals surface area contributed by atoms with Gasteiger partial charge in [0.05, 0.1) is 16.3 Å². The van der Waals surface area contributed by atoms with Gasteiger partial charge in [-0.1, -0.05) is 33.6 Å². The van der Waals surface area contributed by atoms with Gasteiger partial charge < -0.3 is 16.8 Å². The van der Waals surface area contributed by atoms with Crippen molar-refractivity contribution in [1.82, 2.24) is 0 Å². The van der Waals surface area contributed by atoms with Gasteiger partial charge >= 0.3 is 0 Å². The number of halogens is 2. The maximum Gasteiger partial charge on any atom is 0.250 e. The first-order chi connectivity index (χ1) is 9.38. The maximum absolute atomic E-state index is 11.5. The number of nitrogen functional groups attached to an aromatic ring is 1. The third-order valence-corrected chi connectivity index (χ3v) is 3.63. The fourth-order valence-electron chi connectivity index (χ4n) is 1.81. The van der Waals surface area contributed by atoms with E-state index in [9.17, 15) is 4.79 Å². The Bertz CT molecular complexity index is 688. The number of hydrogen-bond acceptors (Lipinski definition) is 3. The van der Waals surface area contributed by atoms with Crippen molar-refractivity contribution in [2.24, 2.45) is 5.73 Å². The first kappa shape index (κ1) is 14.7. The molecule has 0 fully saturated rings. The van der Waals surface area contributed by atoms with E-state index in [1.807, 2.05) is 25.1 Å². The van der Waals surface area contributed by atoms with Crippen molar-refractivity contribution < 1.29 is 4.79 Å². The molecule has 20 heavy (non-hydrogen) atoms. The molecule has 0 bridgehead atoms. The van der Waals surface area contributed by atoms with E-state index in [1.54, 1.807) is 6.07 Å². The Kier molecular flexibility index (Phi) is 4.20. The monoisotopic (exact) mass is 353 g/mol. The second kappa shape index (κ2) is 5.73. The molecular formula is C14H13BrClN3O. The Morgan fingerprint density at radius 3 is 2.65 bits per heavy atom. The zero-order valence-electron chi connectivity index (χ0n) is 10.7. The third-order valence-electron chi connectivity index (χ3n) is 2.84. The van der Waals surface area contributed by atoms with E-state index in [-0.39, 0.29) is 5.56 Å². The van der Waals surface area contributed by atoms with Crippen LogP contribution >= 0.6 is 27.5 Å². The first-order valence-corrected chi connectivity index (χ1v) is 6.97. The van der Waals surface area contributed by atoms with E-state index < -0.39 is 5.91 Å². The highest BCUT2D eigenvalue weighted by Gasteiger charge is 2.14. The summed E-state index contributed by atoms with van der Waals surface area (Å²) in [5, 5.41) is 3.49. The van der Waals surface area contributed by atoms with Gasteiger partial charge in [0, 0.05) is 15.8 Å². The van der Waals surface area contributed by atoms with Gasteiger partial charge in [-0.2, -0.15) is 0 Å².